The van der Waals surface area contributed by atoms with E-state index in [0.717, 1.165) is 19.5 Å². The predicted molar refractivity (Wildman–Crippen MR) is 129 cm³/mol. The Morgan fingerprint density at radius 2 is 1.89 bits per heavy atom. The molecule has 1 aliphatic heterocycles. The maximum Gasteiger partial charge on any atom is 0.337 e. The van der Waals surface area contributed by atoms with Crippen LogP contribution in [0.4, 0.5) is 22.0 Å². The number of nitrogens with one attached hydrogen (secondary N) is 1. The number of ether oxygens (including phenoxy) is 2. The fourth-order valence-electron chi connectivity index (χ4n) is 4.22. The molecule has 2 heterocycles. The second-order valence-electron chi connectivity index (χ2n) is 8.30. The summed E-state index contributed by atoms with van der Waals surface area (Å²) < 4.78 is 25.0. The molecule has 9 heteroatoms. The van der Waals surface area contributed by atoms with Gasteiger partial charge in [0.1, 0.15) is 11.6 Å². The zero-order valence-electron chi connectivity index (χ0n) is 19.1. The molecular weight excluding hydrogens is 449 g/mol. The maximum atomic E-state index is 14.3. The molecule has 178 valence electrons. The molecule has 35 heavy (non-hydrogen) atoms. The van der Waals surface area contributed by atoms with E-state index in [4.69, 9.17) is 9.47 Å². The van der Waals surface area contributed by atoms with E-state index in [2.05, 4.69) is 49.5 Å². The highest BCUT2D eigenvalue weighted by Crippen LogP contribution is 2.32. The molecule has 0 saturated carbocycles. The van der Waals surface area contributed by atoms with Gasteiger partial charge in [-0.05, 0) is 42.7 Å². The van der Waals surface area contributed by atoms with Gasteiger partial charge in [0, 0.05) is 19.0 Å². The van der Waals surface area contributed by atoms with Crippen molar-refractivity contribution in [2.75, 3.05) is 30.4 Å². The molecule has 3 aromatic rings. The van der Waals surface area contributed by atoms with Gasteiger partial charge in [0.05, 0.1) is 18.4 Å². The summed E-state index contributed by atoms with van der Waals surface area (Å²) in [5, 5.41) is 2.93. The summed E-state index contributed by atoms with van der Waals surface area (Å²) in [6.07, 6.45) is 9.55. The lowest BCUT2D eigenvalue weighted by atomic mass is 9.83. The molecule has 0 unspecified atom stereocenters. The van der Waals surface area contributed by atoms with E-state index in [-0.39, 0.29) is 17.6 Å². The predicted octanol–water partition coefficient (Wildman–Crippen LogP) is 4.90. The van der Waals surface area contributed by atoms with Crippen LogP contribution in [0.25, 0.3) is 0 Å². The molecule has 2 atom stereocenters. The van der Waals surface area contributed by atoms with E-state index in [1.54, 1.807) is 42.5 Å². The molecule has 1 N–H and O–H groups in total. The number of hydrogen-bond acceptors (Lipinski definition) is 8. The summed E-state index contributed by atoms with van der Waals surface area (Å²) in [7, 11) is 1.31. The van der Waals surface area contributed by atoms with Gasteiger partial charge in [0.25, 0.3) is 0 Å². The first kappa shape index (κ1) is 22.5. The number of halogens is 1. The molecule has 2 aliphatic rings. The van der Waals surface area contributed by atoms with E-state index >= 15 is 0 Å². The van der Waals surface area contributed by atoms with Gasteiger partial charge in [-0.15, -0.1) is 0 Å². The first-order chi connectivity index (χ1) is 17.1. The summed E-state index contributed by atoms with van der Waals surface area (Å²) in [5.74, 6) is 0.884. The smallest absolute Gasteiger partial charge is 0.337 e. The SMILES string of the molecule is COC(=O)c1cccc(Oc2nc(Nc3ccccc3F)nc(N3CC[C@@H]4C=CC=C[C@H]4C3)n2)c1. The van der Waals surface area contributed by atoms with Crippen molar-refractivity contribution in [3.05, 3.63) is 84.2 Å². The molecule has 0 spiro atoms. The van der Waals surface area contributed by atoms with Crippen LogP contribution in [-0.2, 0) is 4.74 Å². The lowest BCUT2D eigenvalue weighted by molar-refractivity contribution is 0.0600. The van der Waals surface area contributed by atoms with Crippen LogP contribution in [0.2, 0.25) is 0 Å². The highest BCUT2D eigenvalue weighted by atomic mass is 19.1. The Kier molecular flexibility index (Phi) is 6.38. The second kappa shape index (κ2) is 9.92. The summed E-state index contributed by atoms with van der Waals surface area (Å²) in [6.45, 7) is 1.51. The number of hydrogen-bond donors (Lipinski definition) is 1. The summed E-state index contributed by atoms with van der Waals surface area (Å²) in [5.41, 5.74) is 0.575. The van der Waals surface area contributed by atoms with Crippen molar-refractivity contribution in [3.63, 3.8) is 0 Å². The molecule has 1 fully saturated rings. The average molecular weight is 474 g/mol. The summed E-state index contributed by atoms with van der Waals surface area (Å²) in [4.78, 5) is 27.4. The fraction of sp³-hybridized carbons (Fsp3) is 0.231. The monoisotopic (exact) mass is 473 g/mol. The van der Waals surface area contributed by atoms with E-state index in [9.17, 15) is 9.18 Å². The van der Waals surface area contributed by atoms with Crippen LogP contribution in [0.15, 0.2) is 72.8 Å². The quantitative estimate of drug-likeness (QED) is 0.506. The molecule has 2 aromatic carbocycles. The van der Waals surface area contributed by atoms with Gasteiger partial charge in [0.2, 0.25) is 11.9 Å². The van der Waals surface area contributed by atoms with Crippen LogP contribution in [0, 0.1) is 17.7 Å². The van der Waals surface area contributed by atoms with Crippen LogP contribution in [0.1, 0.15) is 16.8 Å². The number of methoxy groups -OCH3 is 1. The van der Waals surface area contributed by atoms with E-state index in [1.165, 1.54) is 13.2 Å². The van der Waals surface area contributed by atoms with Gasteiger partial charge >= 0.3 is 12.0 Å². The molecule has 0 radical (unpaired) electrons. The highest BCUT2D eigenvalue weighted by molar-refractivity contribution is 5.89. The number of anilines is 3. The molecule has 0 amide bonds. The first-order valence-corrected chi connectivity index (χ1v) is 11.3. The summed E-state index contributed by atoms with van der Waals surface area (Å²) in [6, 6.07) is 12.8. The van der Waals surface area contributed by atoms with Crippen LogP contribution in [-0.4, -0.2) is 41.1 Å². The van der Waals surface area contributed by atoms with Crippen LogP contribution in [0.5, 0.6) is 11.8 Å². The number of carbonyl (C=O) groups excluding carboxylic acids is 1. The third kappa shape index (κ3) is 5.13. The number of rotatable bonds is 6. The fourth-order valence-corrected chi connectivity index (χ4v) is 4.22. The van der Waals surface area contributed by atoms with Crippen LogP contribution >= 0.6 is 0 Å². The van der Waals surface area contributed by atoms with Crippen molar-refractivity contribution in [3.8, 4) is 11.8 Å². The number of piperidine rings is 1. The third-order valence-corrected chi connectivity index (χ3v) is 6.01. The minimum atomic E-state index is -0.480. The molecule has 1 saturated heterocycles. The normalized spacial score (nSPS) is 18.6. The Balaban J connectivity index is 1.46. The van der Waals surface area contributed by atoms with Gasteiger partial charge in [0.15, 0.2) is 0 Å². The number of aromatic nitrogens is 3. The number of allylic oxidation sites excluding steroid dienone is 3. The minimum absolute atomic E-state index is 0.0251. The number of fused-ring (bicyclic) bond motifs is 1. The van der Waals surface area contributed by atoms with Crippen molar-refractivity contribution >= 4 is 23.6 Å². The average Bonchev–Trinajstić information content (AvgIpc) is 2.89. The largest absolute Gasteiger partial charge is 0.465 e. The van der Waals surface area contributed by atoms with Crippen LogP contribution in [0.3, 0.4) is 0 Å². The Labute approximate surface area is 202 Å². The standard InChI is InChI=1S/C26H24FN5O3/c1-34-23(33)18-9-6-10-20(15-18)35-26-30-24(28-22-12-5-4-11-21(22)27)29-25(31-26)32-14-13-17-7-2-3-8-19(17)16-32/h2-12,15,17,19H,13-14,16H2,1H3,(H,28,29,30,31)/t17-,19-/m0/s1. The van der Waals surface area contributed by atoms with Gasteiger partial charge in [-0.1, -0.05) is 42.5 Å². The Bertz CT molecular complexity index is 1300. The van der Waals surface area contributed by atoms with Crippen molar-refractivity contribution < 1.29 is 18.7 Å². The molecule has 1 aliphatic carbocycles. The van der Waals surface area contributed by atoms with Crippen molar-refractivity contribution in [1.29, 1.82) is 0 Å². The Morgan fingerprint density at radius 1 is 1.06 bits per heavy atom. The van der Waals surface area contributed by atoms with Crippen molar-refractivity contribution in [2.24, 2.45) is 11.8 Å². The van der Waals surface area contributed by atoms with Gasteiger partial charge in [-0.25, -0.2) is 9.18 Å². The van der Waals surface area contributed by atoms with Crippen LogP contribution < -0.4 is 15.0 Å². The van der Waals surface area contributed by atoms with Gasteiger partial charge in [-0.2, -0.15) is 15.0 Å². The number of para-hydroxylation sites is 1. The van der Waals surface area contributed by atoms with Gasteiger partial charge in [-0.3, -0.25) is 0 Å². The Hall–Kier alpha value is -4.27. The first-order valence-electron chi connectivity index (χ1n) is 11.3. The van der Waals surface area contributed by atoms with E-state index < -0.39 is 11.8 Å². The van der Waals surface area contributed by atoms with Crippen molar-refractivity contribution in [1.82, 2.24) is 15.0 Å². The van der Waals surface area contributed by atoms with Gasteiger partial charge < -0.3 is 19.7 Å². The van der Waals surface area contributed by atoms with E-state index in [0.29, 0.717) is 29.1 Å². The second-order valence-corrected chi connectivity index (χ2v) is 8.30. The molecule has 0 bridgehead atoms. The van der Waals surface area contributed by atoms with E-state index in [1.807, 2.05) is 0 Å². The lowest BCUT2D eigenvalue weighted by Gasteiger charge is -2.37. The zero-order chi connectivity index (χ0) is 24.2. The number of carbonyl (C=O) groups is 1. The maximum absolute atomic E-state index is 14.3. The lowest BCUT2D eigenvalue weighted by Crippen LogP contribution is -2.40. The topological polar surface area (TPSA) is 89.5 Å². The third-order valence-electron chi connectivity index (χ3n) is 6.01. The minimum Gasteiger partial charge on any atom is -0.465 e. The van der Waals surface area contributed by atoms with Crippen molar-refractivity contribution in [2.45, 2.75) is 6.42 Å². The number of benzene rings is 2. The molecule has 8 nitrogen and oxygen atoms in total. The highest BCUT2D eigenvalue weighted by Gasteiger charge is 2.29. The Morgan fingerprint density at radius 3 is 2.71 bits per heavy atom. The molecular formula is C26H24FN5O3. The zero-order valence-corrected chi connectivity index (χ0v) is 19.1. The molecule has 5 rings (SSSR count). The number of esters is 1. The summed E-state index contributed by atoms with van der Waals surface area (Å²) >= 11 is 0. The number of nitrogens with zero attached hydrogens (tertiary/aromatic N) is 4. The molecule has 1 aromatic heterocycles.